The number of benzene rings is 1. The molecular formula is C24H28O4. The van der Waals surface area contributed by atoms with Gasteiger partial charge in [-0.05, 0) is 38.5 Å². The standard InChI is InChI=1S/C24H28O4/c25-16-17-27-20-10-7-11-21-22(20)19(12-15-24(26)13-5-2-6-14-24)23(28-21)18-8-3-1-4-9-18/h1,3-4,8-9,20,25-26H,2,5-7,10-11,13-14,16-17H2. The van der Waals surface area contributed by atoms with Gasteiger partial charge in [0.15, 0.2) is 0 Å². The molecule has 0 bridgehead atoms. The summed E-state index contributed by atoms with van der Waals surface area (Å²) in [5.41, 5.74) is 1.91. The molecule has 1 fully saturated rings. The summed E-state index contributed by atoms with van der Waals surface area (Å²) in [6, 6.07) is 10.0. The van der Waals surface area contributed by atoms with Crippen molar-refractivity contribution in [2.24, 2.45) is 0 Å². The molecule has 0 saturated heterocycles. The van der Waals surface area contributed by atoms with Crippen LogP contribution in [-0.4, -0.2) is 29.0 Å². The molecule has 4 rings (SSSR count). The molecule has 1 saturated carbocycles. The molecule has 4 heteroatoms. The molecule has 0 radical (unpaired) electrons. The van der Waals surface area contributed by atoms with Gasteiger partial charge in [-0.1, -0.05) is 48.6 Å². The number of hydrogen-bond acceptors (Lipinski definition) is 4. The van der Waals surface area contributed by atoms with E-state index in [0.29, 0.717) is 6.61 Å². The second-order valence-corrected chi connectivity index (χ2v) is 7.83. The molecule has 0 amide bonds. The Morgan fingerprint density at radius 2 is 1.89 bits per heavy atom. The molecule has 1 unspecified atom stereocenters. The largest absolute Gasteiger partial charge is 0.459 e. The minimum Gasteiger partial charge on any atom is -0.459 e. The highest BCUT2D eigenvalue weighted by Crippen LogP contribution is 2.41. The van der Waals surface area contributed by atoms with Gasteiger partial charge in [-0.2, -0.15) is 0 Å². The molecule has 2 aliphatic carbocycles. The molecule has 2 aromatic rings. The van der Waals surface area contributed by atoms with E-state index in [1.807, 2.05) is 30.3 Å². The summed E-state index contributed by atoms with van der Waals surface area (Å²) in [7, 11) is 0. The highest BCUT2D eigenvalue weighted by atomic mass is 16.5. The highest BCUT2D eigenvalue weighted by Gasteiger charge is 2.31. The lowest BCUT2D eigenvalue weighted by atomic mass is 9.84. The second kappa shape index (κ2) is 8.53. The fraction of sp³-hybridized carbons (Fsp3) is 0.500. The number of aliphatic hydroxyl groups is 2. The number of rotatable bonds is 4. The molecule has 2 aliphatic rings. The van der Waals surface area contributed by atoms with Crippen molar-refractivity contribution in [2.45, 2.75) is 63.1 Å². The Bertz CT molecular complexity index is 850. The molecule has 4 nitrogen and oxygen atoms in total. The fourth-order valence-corrected chi connectivity index (χ4v) is 4.33. The van der Waals surface area contributed by atoms with Gasteiger partial charge >= 0.3 is 0 Å². The van der Waals surface area contributed by atoms with Crippen molar-refractivity contribution in [1.82, 2.24) is 0 Å². The van der Waals surface area contributed by atoms with E-state index in [4.69, 9.17) is 9.15 Å². The van der Waals surface area contributed by atoms with Crippen molar-refractivity contribution in [3.05, 3.63) is 47.2 Å². The third kappa shape index (κ3) is 4.03. The summed E-state index contributed by atoms with van der Waals surface area (Å²) < 4.78 is 12.2. The average Bonchev–Trinajstić information content (AvgIpc) is 3.11. The first kappa shape index (κ1) is 19.3. The molecule has 0 aliphatic heterocycles. The quantitative estimate of drug-likeness (QED) is 0.773. The molecule has 1 heterocycles. The maximum atomic E-state index is 10.9. The molecule has 1 aromatic heterocycles. The Hall–Kier alpha value is -2.06. The predicted octanol–water partition coefficient (Wildman–Crippen LogP) is 4.38. The van der Waals surface area contributed by atoms with E-state index < -0.39 is 5.60 Å². The van der Waals surface area contributed by atoms with Gasteiger partial charge in [0.05, 0.1) is 24.9 Å². The summed E-state index contributed by atoms with van der Waals surface area (Å²) in [5, 5.41) is 20.1. The SMILES string of the molecule is OCCOC1CCCc2oc(-c3ccccc3)c(C#CC3(O)CCCCC3)c21. The van der Waals surface area contributed by atoms with E-state index in [0.717, 1.165) is 79.6 Å². The van der Waals surface area contributed by atoms with Crippen molar-refractivity contribution in [1.29, 1.82) is 0 Å². The van der Waals surface area contributed by atoms with Gasteiger partial charge in [0.25, 0.3) is 0 Å². The Balaban J connectivity index is 1.79. The van der Waals surface area contributed by atoms with E-state index >= 15 is 0 Å². The van der Waals surface area contributed by atoms with Gasteiger partial charge in [0, 0.05) is 17.5 Å². The van der Waals surface area contributed by atoms with Crippen LogP contribution in [0.3, 0.4) is 0 Å². The van der Waals surface area contributed by atoms with Crippen LogP contribution in [0.4, 0.5) is 0 Å². The zero-order chi connectivity index (χ0) is 19.4. The third-order valence-electron chi connectivity index (χ3n) is 5.76. The van der Waals surface area contributed by atoms with Crippen molar-refractivity contribution >= 4 is 0 Å². The average molecular weight is 380 g/mol. The molecule has 1 atom stereocenters. The Labute approximate surface area is 166 Å². The number of aryl methyl sites for hydroxylation is 1. The summed E-state index contributed by atoms with van der Waals surface area (Å²) in [4.78, 5) is 0. The maximum absolute atomic E-state index is 10.9. The van der Waals surface area contributed by atoms with Gasteiger partial charge in [-0.15, -0.1) is 0 Å². The zero-order valence-electron chi connectivity index (χ0n) is 16.2. The van der Waals surface area contributed by atoms with Crippen molar-refractivity contribution in [3.63, 3.8) is 0 Å². The Kier molecular flexibility index (Phi) is 5.87. The van der Waals surface area contributed by atoms with Gasteiger partial charge in [-0.3, -0.25) is 0 Å². The molecule has 2 N–H and O–H groups in total. The maximum Gasteiger partial charge on any atom is 0.150 e. The zero-order valence-corrected chi connectivity index (χ0v) is 16.2. The van der Waals surface area contributed by atoms with Gasteiger partial charge in [0.1, 0.15) is 17.1 Å². The van der Waals surface area contributed by atoms with E-state index in [1.165, 1.54) is 0 Å². The number of aliphatic hydroxyl groups excluding tert-OH is 1. The van der Waals surface area contributed by atoms with Crippen LogP contribution in [0.5, 0.6) is 0 Å². The second-order valence-electron chi connectivity index (χ2n) is 7.83. The minimum atomic E-state index is -0.910. The molecule has 0 spiro atoms. The molecular weight excluding hydrogens is 352 g/mol. The van der Waals surface area contributed by atoms with Gasteiger partial charge < -0.3 is 19.4 Å². The first-order chi connectivity index (χ1) is 13.7. The van der Waals surface area contributed by atoms with Gasteiger partial charge in [0.2, 0.25) is 0 Å². The van der Waals surface area contributed by atoms with Crippen LogP contribution in [-0.2, 0) is 11.2 Å². The Morgan fingerprint density at radius 3 is 2.64 bits per heavy atom. The van der Waals surface area contributed by atoms with Crippen LogP contribution in [0.2, 0.25) is 0 Å². The number of hydrogen-bond donors (Lipinski definition) is 2. The van der Waals surface area contributed by atoms with Crippen molar-refractivity contribution < 1.29 is 19.4 Å². The van der Waals surface area contributed by atoms with Crippen molar-refractivity contribution in [3.8, 4) is 23.2 Å². The van der Waals surface area contributed by atoms with E-state index in [2.05, 4.69) is 11.8 Å². The van der Waals surface area contributed by atoms with Gasteiger partial charge in [-0.25, -0.2) is 0 Å². The number of ether oxygens (including phenoxy) is 1. The van der Waals surface area contributed by atoms with E-state index in [-0.39, 0.29) is 12.7 Å². The molecule has 148 valence electrons. The van der Waals surface area contributed by atoms with E-state index in [9.17, 15) is 10.2 Å². The summed E-state index contributed by atoms with van der Waals surface area (Å²) in [6.45, 7) is 0.294. The summed E-state index contributed by atoms with van der Waals surface area (Å²) >= 11 is 0. The predicted molar refractivity (Wildman–Crippen MR) is 108 cm³/mol. The summed E-state index contributed by atoms with van der Waals surface area (Å²) in [6.07, 6.45) is 7.27. The molecule has 28 heavy (non-hydrogen) atoms. The first-order valence-corrected chi connectivity index (χ1v) is 10.4. The number of fused-ring (bicyclic) bond motifs is 1. The third-order valence-corrected chi connectivity index (χ3v) is 5.76. The monoisotopic (exact) mass is 380 g/mol. The topological polar surface area (TPSA) is 62.8 Å². The normalized spacial score (nSPS) is 20.9. The highest BCUT2D eigenvalue weighted by molar-refractivity contribution is 5.69. The lowest BCUT2D eigenvalue weighted by Gasteiger charge is -2.26. The molecule has 1 aromatic carbocycles. The van der Waals surface area contributed by atoms with Crippen LogP contribution in [0.1, 0.15) is 67.9 Å². The van der Waals surface area contributed by atoms with Crippen molar-refractivity contribution in [2.75, 3.05) is 13.2 Å². The minimum absolute atomic E-state index is 0.00398. The van der Waals surface area contributed by atoms with E-state index in [1.54, 1.807) is 0 Å². The van der Waals surface area contributed by atoms with Crippen LogP contribution in [0, 0.1) is 11.8 Å². The number of furan rings is 1. The van der Waals surface area contributed by atoms with Crippen LogP contribution >= 0.6 is 0 Å². The van der Waals surface area contributed by atoms with Crippen LogP contribution < -0.4 is 0 Å². The smallest absolute Gasteiger partial charge is 0.150 e. The van der Waals surface area contributed by atoms with Crippen LogP contribution in [0.25, 0.3) is 11.3 Å². The fourth-order valence-electron chi connectivity index (χ4n) is 4.33. The summed E-state index contributed by atoms with van der Waals surface area (Å²) in [5.74, 6) is 8.16. The van der Waals surface area contributed by atoms with Crippen LogP contribution in [0.15, 0.2) is 34.7 Å². The Morgan fingerprint density at radius 1 is 1.11 bits per heavy atom. The lowest BCUT2D eigenvalue weighted by molar-refractivity contribution is 0.0169. The lowest BCUT2D eigenvalue weighted by Crippen LogP contribution is -2.29. The first-order valence-electron chi connectivity index (χ1n) is 10.4.